The molecule has 4 heteroatoms. The standard InChI is InChI=1S/C16H15N3O/c1-10-6-7-13(14-12(10)5-4-8-17-14)15-16(20)19(3)9-11(2)18-15/h4-9H,1-3H3. The highest BCUT2D eigenvalue weighted by Crippen LogP contribution is 2.26. The molecule has 0 bridgehead atoms. The number of nitrogens with zero attached hydrogens (tertiary/aromatic N) is 3. The lowest BCUT2D eigenvalue weighted by Gasteiger charge is -2.09. The van der Waals surface area contributed by atoms with Crippen LogP contribution in [0.4, 0.5) is 0 Å². The zero-order valence-corrected chi connectivity index (χ0v) is 11.7. The van der Waals surface area contributed by atoms with Gasteiger partial charge in [0.05, 0.1) is 11.2 Å². The van der Waals surface area contributed by atoms with E-state index in [4.69, 9.17) is 0 Å². The first-order chi connectivity index (χ1) is 9.58. The summed E-state index contributed by atoms with van der Waals surface area (Å²) in [6.45, 7) is 3.92. The van der Waals surface area contributed by atoms with Crippen molar-refractivity contribution >= 4 is 10.9 Å². The van der Waals surface area contributed by atoms with Gasteiger partial charge in [-0.1, -0.05) is 18.2 Å². The van der Waals surface area contributed by atoms with Crippen LogP contribution in [0, 0.1) is 13.8 Å². The number of pyridine rings is 1. The van der Waals surface area contributed by atoms with Crippen molar-refractivity contribution in [2.24, 2.45) is 7.05 Å². The van der Waals surface area contributed by atoms with E-state index in [-0.39, 0.29) is 5.56 Å². The Kier molecular flexibility index (Phi) is 2.86. The zero-order valence-electron chi connectivity index (χ0n) is 11.7. The van der Waals surface area contributed by atoms with E-state index in [0.717, 1.165) is 27.7 Å². The fourth-order valence-electron chi connectivity index (χ4n) is 2.44. The van der Waals surface area contributed by atoms with Crippen LogP contribution in [0.2, 0.25) is 0 Å². The molecular formula is C16H15N3O. The summed E-state index contributed by atoms with van der Waals surface area (Å²) in [5.41, 5.74) is 3.91. The number of hydrogen-bond donors (Lipinski definition) is 0. The fourth-order valence-corrected chi connectivity index (χ4v) is 2.44. The lowest BCUT2D eigenvalue weighted by Crippen LogP contribution is -2.20. The second kappa shape index (κ2) is 4.56. The highest BCUT2D eigenvalue weighted by atomic mass is 16.1. The quantitative estimate of drug-likeness (QED) is 0.679. The predicted molar refractivity (Wildman–Crippen MR) is 79.7 cm³/mol. The van der Waals surface area contributed by atoms with Crippen LogP contribution in [-0.4, -0.2) is 14.5 Å². The van der Waals surface area contributed by atoms with Crippen LogP contribution < -0.4 is 5.56 Å². The van der Waals surface area contributed by atoms with Gasteiger partial charge in [-0.2, -0.15) is 0 Å². The van der Waals surface area contributed by atoms with Gasteiger partial charge in [0, 0.05) is 30.4 Å². The van der Waals surface area contributed by atoms with Gasteiger partial charge in [0.15, 0.2) is 0 Å². The minimum Gasteiger partial charge on any atom is -0.315 e. The van der Waals surface area contributed by atoms with Gasteiger partial charge in [-0.05, 0) is 25.5 Å². The minimum absolute atomic E-state index is 0.105. The zero-order chi connectivity index (χ0) is 14.3. The molecule has 0 aliphatic carbocycles. The first kappa shape index (κ1) is 12.5. The second-order valence-electron chi connectivity index (χ2n) is 4.98. The molecule has 0 saturated carbocycles. The monoisotopic (exact) mass is 265 g/mol. The molecule has 100 valence electrons. The van der Waals surface area contributed by atoms with Gasteiger partial charge in [0.25, 0.3) is 5.56 Å². The minimum atomic E-state index is -0.105. The van der Waals surface area contributed by atoms with Gasteiger partial charge >= 0.3 is 0 Å². The maximum atomic E-state index is 12.3. The number of hydrogen-bond acceptors (Lipinski definition) is 3. The molecular weight excluding hydrogens is 250 g/mol. The van der Waals surface area contributed by atoms with Crippen molar-refractivity contribution in [1.82, 2.24) is 14.5 Å². The Balaban J connectivity index is 2.42. The van der Waals surface area contributed by atoms with Crippen molar-refractivity contribution in [2.75, 3.05) is 0 Å². The first-order valence-electron chi connectivity index (χ1n) is 6.47. The third-order valence-electron chi connectivity index (χ3n) is 3.43. The smallest absolute Gasteiger partial charge is 0.276 e. The summed E-state index contributed by atoms with van der Waals surface area (Å²) in [4.78, 5) is 21.2. The number of aryl methyl sites for hydroxylation is 3. The summed E-state index contributed by atoms with van der Waals surface area (Å²) < 4.78 is 1.56. The molecule has 0 N–H and O–H groups in total. The first-order valence-corrected chi connectivity index (χ1v) is 6.47. The SMILES string of the molecule is Cc1cn(C)c(=O)c(-c2ccc(C)c3cccnc23)n1. The molecule has 1 aromatic carbocycles. The van der Waals surface area contributed by atoms with Gasteiger partial charge < -0.3 is 4.57 Å². The topological polar surface area (TPSA) is 47.8 Å². The molecule has 0 spiro atoms. The summed E-state index contributed by atoms with van der Waals surface area (Å²) >= 11 is 0. The van der Waals surface area contributed by atoms with E-state index in [1.54, 1.807) is 24.0 Å². The van der Waals surface area contributed by atoms with E-state index in [0.29, 0.717) is 5.69 Å². The van der Waals surface area contributed by atoms with Gasteiger partial charge in [-0.3, -0.25) is 9.78 Å². The molecule has 4 nitrogen and oxygen atoms in total. The van der Waals surface area contributed by atoms with E-state index < -0.39 is 0 Å². The maximum Gasteiger partial charge on any atom is 0.276 e. The van der Waals surface area contributed by atoms with Gasteiger partial charge in [0.1, 0.15) is 5.69 Å². The Labute approximate surface area is 116 Å². The summed E-state index contributed by atoms with van der Waals surface area (Å²) in [5.74, 6) is 0. The summed E-state index contributed by atoms with van der Waals surface area (Å²) in [7, 11) is 1.74. The normalized spacial score (nSPS) is 10.9. The van der Waals surface area contributed by atoms with Crippen LogP contribution in [0.5, 0.6) is 0 Å². The molecule has 0 aliphatic rings. The highest BCUT2D eigenvalue weighted by Gasteiger charge is 2.13. The van der Waals surface area contributed by atoms with E-state index in [2.05, 4.69) is 9.97 Å². The van der Waals surface area contributed by atoms with Gasteiger partial charge in [-0.25, -0.2) is 4.98 Å². The summed E-state index contributed by atoms with van der Waals surface area (Å²) in [5, 5.41) is 1.05. The van der Waals surface area contributed by atoms with E-state index in [9.17, 15) is 4.79 Å². The lowest BCUT2D eigenvalue weighted by molar-refractivity contribution is 0.831. The maximum absolute atomic E-state index is 12.3. The highest BCUT2D eigenvalue weighted by molar-refractivity contribution is 5.94. The molecule has 0 unspecified atom stereocenters. The summed E-state index contributed by atoms with van der Waals surface area (Å²) in [6.07, 6.45) is 3.47. The van der Waals surface area contributed by atoms with Crippen molar-refractivity contribution in [3.63, 3.8) is 0 Å². The van der Waals surface area contributed by atoms with Crippen LogP contribution in [0.15, 0.2) is 41.5 Å². The van der Waals surface area contributed by atoms with Crippen molar-refractivity contribution in [3.05, 3.63) is 58.3 Å². The van der Waals surface area contributed by atoms with Crippen LogP contribution in [0.3, 0.4) is 0 Å². The van der Waals surface area contributed by atoms with Crippen molar-refractivity contribution in [2.45, 2.75) is 13.8 Å². The summed E-state index contributed by atoms with van der Waals surface area (Å²) in [6, 6.07) is 7.85. The molecule has 0 aliphatic heterocycles. The molecule has 0 amide bonds. The molecule has 0 atom stereocenters. The molecule has 20 heavy (non-hydrogen) atoms. The molecule has 3 rings (SSSR count). The van der Waals surface area contributed by atoms with Gasteiger partial charge in [0.2, 0.25) is 0 Å². The molecule has 3 aromatic rings. The molecule has 2 heterocycles. The van der Waals surface area contributed by atoms with E-state index in [1.807, 2.05) is 38.1 Å². The largest absolute Gasteiger partial charge is 0.315 e. The number of fused-ring (bicyclic) bond motifs is 1. The average molecular weight is 265 g/mol. The Hall–Kier alpha value is -2.49. The number of aromatic nitrogens is 3. The van der Waals surface area contributed by atoms with Crippen LogP contribution in [0.25, 0.3) is 22.2 Å². The van der Waals surface area contributed by atoms with Crippen LogP contribution >= 0.6 is 0 Å². The third kappa shape index (κ3) is 1.90. The lowest BCUT2D eigenvalue weighted by atomic mass is 10.0. The molecule has 2 aromatic heterocycles. The Morgan fingerprint density at radius 2 is 1.95 bits per heavy atom. The number of rotatable bonds is 1. The van der Waals surface area contributed by atoms with Crippen molar-refractivity contribution in [3.8, 4) is 11.3 Å². The van der Waals surface area contributed by atoms with Crippen molar-refractivity contribution < 1.29 is 0 Å². The second-order valence-corrected chi connectivity index (χ2v) is 4.98. The predicted octanol–water partition coefficient (Wildman–Crippen LogP) is 2.61. The molecule has 0 saturated heterocycles. The molecule has 0 radical (unpaired) electrons. The number of benzene rings is 1. The van der Waals surface area contributed by atoms with Crippen molar-refractivity contribution in [1.29, 1.82) is 0 Å². The fraction of sp³-hybridized carbons (Fsp3) is 0.188. The van der Waals surface area contributed by atoms with Crippen LogP contribution in [0.1, 0.15) is 11.3 Å². The van der Waals surface area contributed by atoms with E-state index in [1.165, 1.54) is 0 Å². The average Bonchev–Trinajstić information content (AvgIpc) is 2.44. The molecule has 0 fully saturated rings. The Morgan fingerprint density at radius 1 is 1.15 bits per heavy atom. The van der Waals surface area contributed by atoms with Crippen LogP contribution in [-0.2, 0) is 7.05 Å². The van der Waals surface area contributed by atoms with Gasteiger partial charge in [-0.15, -0.1) is 0 Å². The Bertz CT molecular complexity index is 865. The van der Waals surface area contributed by atoms with E-state index >= 15 is 0 Å². The Morgan fingerprint density at radius 3 is 2.75 bits per heavy atom. The third-order valence-corrected chi connectivity index (χ3v) is 3.43.